The van der Waals surface area contributed by atoms with Crippen LogP contribution >= 0.6 is 0 Å². The van der Waals surface area contributed by atoms with Gasteiger partial charge < -0.3 is 15.4 Å². The van der Waals surface area contributed by atoms with Crippen molar-refractivity contribution in [1.82, 2.24) is 10.6 Å². The van der Waals surface area contributed by atoms with Crippen molar-refractivity contribution in [2.24, 2.45) is 0 Å². The summed E-state index contributed by atoms with van der Waals surface area (Å²) in [6.45, 7) is 6.91. The number of benzene rings is 1. The van der Waals surface area contributed by atoms with Gasteiger partial charge in [-0.2, -0.15) is 0 Å². The van der Waals surface area contributed by atoms with E-state index >= 15 is 0 Å². The first-order valence-electron chi connectivity index (χ1n) is 7.50. The Hall–Kier alpha value is -2.37. The molecule has 1 unspecified atom stereocenters. The predicted octanol–water partition coefficient (Wildman–Crippen LogP) is 1.65. The smallest absolute Gasteiger partial charge is 0.308 e. The lowest BCUT2D eigenvalue weighted by atomic mass is 10.1. The van der Waals surface area contributed by atoms with Gasteiger partial charge in [-0.05, 0) is 39.8 Å². The second-order valence-electron chi connectivity index (χ2n) is 6.40. The molecule has 0 aromatic heterocycles. The summed E-state index contributed by atoms with van der Waals surface area (Å²) < 4.78 is 4.91. The van der Waals surface area contributed by atoms with Gasteiger partial charge in [0, 0.05) is 17.1 Å². The molecule has 1 aromatic carbocycles. The van der Waals surface area contributed by atoms with Crippen LogP contribution in [0.1, 0.15) is 44.5 Å². The van der Waals surface area contributed by atoms with Gasteiger partial charge in [-0.25, -0.2) is 0 Å². The van der Waals surface area contributed by atoms with Crippen LogP contribution in [0.5, 0.6) is 0 Å². The monoisotopic (exact) mass is 320 g/mol. The highest BCUT2D eigenvalue weighted by Gasteiger charge is 2.17. The summed E-state index contributed by atoms with van der Waals surface area (Å²) in [7, 11) is 0. The Kier molecular flexibility index (Phi) is 6.75. The molecule has 0 aliphatic rings. The van der Waals surface area contributed by atoms with E-state index in [4.69, 9.17) is 4.74 Å². The van der Waals surface area contributed by atoms with Gasteiger partial charge in [0.25, 0.3) is 11.8 Å². The van der Waals surface area contributed by atoms with Gasteiger partial charge in [-0.3, -0.25) is 14.4 Å². The van der Waals surface area contributed by atoms with Gasteiger partial charge >= 0.3 is 5.97 Å². The maximum Gasteiger partial charge on any atom is 0.308 e. The SMILES string of the molecule is CC(CC(=O)OCC(=O)NC(C)(C)C)NC(=O)c1ccccc1. The summed E-state index contributed by atoms with van der Waals surface area (Å²) >= 11 is 0. The topological polar surface area (TPSA) is 84.5 Å². The van der Waals surface area contributed by atoms with E-state index in [2.05, 4.69) is 10.6 Å². The number of amides is 2. The van der Waals surface area contributed by atoms with E-state index in [0.29, 0.717) is 5.56 Å². The Labute approximate surface area is 136 Å². The van der Waals surface area contributed by atoms with Crippen molar-refractivity contribution in [2.45, 2.75) is 45.7 Å². The highest BCUT2D eigenvalue weighted by atomic mass is 16.5. The van der Waals surface area contributed by atoms with Crippen molar-refractivity contribution in [3.05, 3.63) is 35.9 Å². The molecule has 0 heterocycles. The van der Waals surface area contributed by atoms with E-state index in [-0.39, 0.29) is 36.4 Å². The normalized spacial score (nSPS) is 12.2. The lowest BCUT2D eigenvalue weighted by molar-refractivity contribution is -0.149. The lowest BCUT2D eigenvalue weighted by Gasteiger charge is -2.20. The number of hydrogen-bond donors (Lipinski definition) is 2. The molecule has 1 aromatic rings. The van der Waals surface area contributed by atoms with Crippen LogP contribution in [0.4, 0.5) is 0 Å². The zero-order valence-corrected chi connectivity index (χ0v) is 14.0. The highest BCUT2D eigenvalue weighted by molar-refractivity contribution is 5.94. The maximum atomic E-state index is 11.9. The third-order valence-electron chi connectivity index (χ3n) is 2.76. The average molecular weight is 320 g/mol. The average Bonchev–Trinajstić information content (AvgIpc) is 2.44. The molecule has 1 atom stereocenters. The van der Waals surface area contributed by atoms with Crippen LogP contribution < -0.4 is 10.6 Å². The molecule has 0 saturated heterocycles. The third-order valence-corrected chi connectivity index (χ3v) is 2.76. The Morgan fingerprint density at radius 3 is 2.30 bits per heavy atom. The van der Waals surface area contributed by atoms with Crippen LogP contribution in [0, 0.1) is 0 Å². The van der Waals surface area contributed by atoms with Crippen LogP contribution in [0.2, 0.25) is 0 Å². The Morgan fingerprint density at radius 1 is 1.13 bits per heavy atom. The van der Waals surface area contributed by atoms with Crippen molar-refractivity contribution in [3.63, 3.8) is 0 Å². The summed E-state index contributed by atoms with van der Waals surface area (Å²) in [4.78, 5) is 35.2. The first kappa shape index (κ1) is 18.7. The molecule has 0 radical (unpaired) electrons. The van der Waals surface area contributed by atoms with Crippen LogP contribution in [0.25, 0.3) is 0 Å². The van der Waals surface area contributed by atoms with E-state index in [9.17, 15) is 14.4 Å². The van der Waals surface area contributed by atoms with Crippen LogP contribution in [-0.4, -0.2) is 36.0 Å². The van der Waals surface area contributed by atoms with Gasteiger partial charge in [0.15, 0.2) is 6.61 Å². The molecule has 0 saturated carbocycles. The van der Waals surface area contributed by atoms with Crippen molar-refractivity contribution < 1.29 is 19.1 Å². The second kappa shape index (κ2) is 8.31. The number of hydrogen-bond acceptors (Lipinski definition) is 4. The molecule has 0 aliphatic heterocycles. The van der Waals surface area contributed by atoms with Crippen molar-refractivity contribution in [3.8, 4) is 0 Å². The fourth-order valence-corrected chi connectivity index (χ4v) is 1.86. The van der Waals surface area contributed by atoms with Gasteiger partial charge in [0.1, 0.15) is 0 Å². The molecule has 2 N–H and O–H groups in total. The van der Waals surface area contributed by atoms with Crippen molar-refractivity contribution in [2.75, 3.05) is 6.61 Å². The molecule has 126 valence electrons. The zero-order valence-electron chi connectivity index (χ0n) is 14.0. The van der Waals surface area contributed by atoms with Crippen molar-refractivity contribution in [1.29, 1.82) is 0 Å². The molecular weight excluding hydrogens is 296 g/mol. The van der Waals surface area contributed by atoms with E-state index < -0.39 is 5.97 Å². The molecule has 6 heteroatoms. The molecule has 0 fully saturated rings. The van der Waals surface area contributed by atoms with E-state index in [1.54, 1.807) is 31.2 Å². The standard InChI is InChI=1S/C17H24N2O4/c1-12(18-16(22)13-8-6-5-7-9-13)10-15(21)23-11-14(20)19-17(2,3)4/h5-9,12H,10-11H2,1-4H3,(H,18,22)(H,19,20). The molecule has 0 spiro atoms. The van der Waals surface area contributed by atoms with E-state index in [1.807, 2.05) is 26.8 Å². The maximum absolute atomic E-state index is 11.9. The Morgan fingerprint density at radius 2 is 1.74 bits per heavy atom. The highest BCUT2D eigenvalue weighted by Crippen LogP contribution is 2.02. The molecular formula is C17H24N2O4. The van der Waals surface area contributed by atoms with Crippen LogP contribution in [-0.2, 0) is 14.3 Å². The summed E-state index contributed by atoms with van der Waals surface area (Å²) in [5.41, 5.74) is 0.151. The number of nitrogens with one attached hydrogen (secondary N) is 2. The summed E-state index contributed by atoms with van der Waals surface area (Å²) in [6, 6.07) is 8.35. The first-order chi connectivity index (χ1) is 10.7. The predicted molar refractivity (Wildman–Crippen MR) is 86.8 cm³/mol. The van der Waals surface area contributed by atoms with Gasteiger partial charge in [0.05, 0.1) is 6.42 Å². The number of rotatable bonds is 6. The lowest BCUT2D eigenvalue weighted by Crippen LogP contribution is -2.43. The summed E-state index contributed by atoms with van der Waals surface area (Å²) in [5, 5.41) is 5.41. The summed E-state index contributed by atoms with van der Waals surface area (Å²) in [6.07, 6.45) is 0.00136. The van der Waals surface area contributed by atoms with Crippen LogP contribution in [0.3, 0.4) is 0 Å². The van der Waals surface area contributed by atoms with Crippen LogP contribution in [0.15, 0.2) is 30.3 Å². The molecule has 6 nitrogen and oxygen atoms in total. The minimum absolute atomic E-state index is 0.00136. The quantitative estimate of drug-likeness (QED) is 0.781. The Balaban J connectivity index is 2.34. The largest absolute Gasteiger partial charge is 0.456 e. The van der Waals surface area contributed by atoms with Crippen molar-refractivity contribution >= 4 is 17.8 Å². The second-order valence-corrected chi connectivity index (χ2v) is 6.40. The first-order valence-corrected chi connectivity index (χ1v) is 7.50. The fraction of sp³-hybridized carbons (Fsp3) is 0.471. The number of carbonyl (C=O) groups is 3. The molecule has 0 bridgehead atoms. The summed E-state index contributed by atoms with van der Waals surface area (Å²) in [5.74, 6) is -1.14. The molecule has 23 heavy (non-hydrogen) atoms. The van der Waals surface area contributed by atoms with E-state index in [1.165, 1.54) is 0 Å². The van der Waals surface area contributed by atoms with E-state index in [0.717, 1.165) is 0 Å². The van der Waals surface area contributed by atoms with Gasteiger partial charge in [-0.15, -0.1) is 0 Å². The number of esters is 1. The molecule has 1 rings (SSSR count). The number of carbonyl (C=O) groups excluding carboxylic acids is 3. The third kappa shape index (κ3) is 7.99. The fourth-order valence-electron chi connectivity index (χ4n) is 1.86. The minimum atomic E-state index is -0.532. The van der Waals surface area contributed by atoms with Gasteiger partial charge in [0.2, 0.25) is 0 Å². The molecule has 2 amide bonds. The zero-order chi connectivity index (χ0) is 17.5. The Bertz CT molecular complexity index is 549. The minimum Gasteiger partial charge on any atom is -0.456 e. The van der Waals surface area contributed by atoms with Gasteiger partial charge in [-0.1, -0.05) is 18.2 Å². The molecule has 0 aliphatic carbocycles. The number of ether oxygens (including phenoxy) is 1.